The lowest BCUT2D eigenvalue weighted by atomic mass is 10.0. The van der Waals surface area contributed by atoms with E-state index in [4.69, 9.17) is 16.7 Å². The number of amides is 1. The van der Waals surface area contributed by atoms with Gasteiger partial charge in [0.2, 0.25) is 0 Å². The fourth-order valence-electron chi connectivity index (χ4n) is 1.57. The SMILES string of the molecule is CCN(C(=O)c1ccc(Cl)nc1)C(C)(C)C(=O)O. The highest BCUT2D eigenvalue weighted by atomic mass is 35.5. The van der Waals surface area contributed by atoms with E-state index in [2.05, 4.69) is 4.98 Å². The van der Waals surface area contributed by atoms with E-state index in [1.54, 1.807) is 6.92 Å². The number of pyridine rings is 1. The number of rotatable bonds is 4. The lowest BCUT2D eigenvalue weighted by Crippen LogP contribution is -2.52. The number of carbonyl (C=O) groups is 2. The normalized spacial score (nSPS) is 11.1. The van der Waals surface area contributed by atoms with E-state index in [0.717, 1.165) is 0 Å². The number of hydrogen-bond acceptors (Lipinski definition) is 3. The molecule has 0 unspecified atom stereocenters. The molecule has 0 aliphatic carbocycles. The van der Waals surface area contributed by atoms with Crippen LogP contribution in [0.5, 0.6) is 0 Å². The van der Waals surface area contributed by atoms with Crippen LogP contribution in [-0.4, -0.2) is 39.0 Å². The molecule has 0 saturated carbocycles. The number of carbonyl (C=O) groups excluding carboxylic acids is 1. The van der Waals surface area contributed by atoms with Crippen LogP contribution in [0.2, 0.25) is 5.15 Å². The third kappa shape index (κ3) is 2.79. The zero-order valence-electron chi connectivity index (χ0n) is 10.5. The third-order valence-electron chi connectivity index (χ3n) is 2.73. The molecule has 0 radical (unpaired) electrons. The average molecular weight is 271 g/mol. The quantitative estimate of drug-likeness (QED) is 0.850. The van der Waals surface area contributed by atoms with Gasteiger partial charge < -0.3 is 10.0 Å². The molecule has 5 nitrogen and oxygen atoms in total. The van der Waals surface area contributed by atoms with Crippen LogP contribution in [0, 0.1) is 0 Å². The third-order valence-corrected chi connectivity index (χ3v) is 2.96. The van der Waals surface area contributed by atoms with Crippen molar-refractivity contribution in [3.8, 4) is 0 Å². The van der Waals surface area contributed by atoms with Crippen LogP contribution in [0.1, 0.15) is 31.1 Å². The monoisotopic (exact) mass is 270 g/mol. The van der Waals surface area contributed by atoms with Gasteiger partial charge in [-0.3, -0.25) is 4.79 Å². The number of carboxylic acid groups (broad SMARTS) is 1. The van der Waals surface area contributed by atoms with Gasteiger partial charge >= 0.3 is 5.97 Å². The molecule has 18 heavy (non-hydrogen) atoms. The van der Waals surface area contributed by atoms with Gasteiger partial charge in [-0.15, -0.1) is 0 Å². The van der Waals surface area contributed by atoms with Crippen LogP contribution in [0.15, 0.2) is 18.3 Å². The molecule has 0 aliphatic rings. The summed E-state index contributed by atoms with van der Waals surface area (Å²) in [5.74, 6) is -1.44. The molecule has 0 atom stereocenters. The fraction of sp³-hybridized carbons (Fsp3) is 0.417. The minimum atomic E-state index is -1.27. The molecule has 0 aliphatic heterocycles. The van der Waals surface area contributed by atoms with E-state index in [1.165, 1.54) is 37.1 Å². The van der Waals surface area contributed by atoms with Crippen LogP contribution in [0.4, 0.5) is 0 Å². The highest BCUT2D eigenvalue weighted by Gasteiger charge is 2.37. The van der Waals surface area contributed by atoms with Crippen LogP contribution < -0.4 is 0 Å². The lowest BCUT2D eigenvalue weighted by molar-refractivity contribution is -0.147. The molecule has 1 rings (SSSR count). The Labute approximate surface area is 110 Å². The van der Waals surface area contributed by atoms with Gasteiger partial charge in [0, 0.05) is 12.7 Å². The van der Waals surface area contributed by atoms with Crippen molar-refractivity contribution in [3.05, 3.63) is 29.0 Å². The maximum absolute atomic E-state index is 12.2. The van der Waals surface area contributed by atoms with Crippen molar-refractivity contribution in [2.24, 2.45) is 0 Å². The first-order chi connectivity index (χ1) is 8.30. The molecule has 0 aromatic carbocycles. The molecule has 6 heteroatoms. The minimum absolute atomic E-state index is 0.284. The Balaban J connectivity index is 3.07. The van der Waals surface area contributed by atoms with Crippen molar-refractivity contribution in [3.63, 3.8) is 0 Å². The van der Waals surface area contributed by atoms with Gasteiger partial charge in [-0.25, -0.2) is 9.78 Å². The molecule has 0 fully saturated rings. The average Bonchev–Trinajstić information content (AvgIpc) is 2.30. The first-order valence-corrected chi connectivity index (χ1v) is 5.85. The standard InChI is InChI=1S/C12H15ClN2O3/c1-4-15(12(2,3)11(17)18)10(16)8-5-6-9(13)14-7-8/h5-7H,4H2,1-3H3,(H,17,18). The van der Waals surface area contributed by atoms with Crippen molar-refractivity contribution in [1.82, 2.24) is 9.88 Å². The molecule has 1 aromatic rings. The first-order valence-electron chi connectivity index (χ1n) is 5.47. The Morgan fingerprint density at radius 3 is 2.44 bits per heavy atom. The summed E-state index contributed by atoms with van der Waals surface area (Å²) in [6.07, 6.45) is 1.34. The maximum Gasteiger partial charge on any atom is 0.329 e. The molecule has 1 heterocycles. The zero-order chi connectivity index (χ0) is 13.9. The number of hydrogen-bond donors (Lipinski definition) is 1. The lowest BCUT2D eigenvalue weighted by Gasteiger charge is -2.34. The van der Waals surface area contributed by atoms with E-state index in [0.29, 0.717) is 12.1 Å². The number of aromatic nitrogens is 1. The topological polar surface area (TPSA) is 70.5 Å². The second kappa shape index (κ2) is 5.35. The predicted octanol–water partition coefficient (Wildman–Crippen LogP) is 2.06. The van der Waals surface area contributed by atoms with Crippen LogP contribution in [-0.2, 0) is 4.79 Å². The Morgan fingerprint density at radius 2 is 2.06 bits per heavy atom. The molecular weight excluding hydrogens is 256 g/mol. The minimum Gasteiger partial charge on any atom is -0.480 e. The van der Waals surface area contributed by atoms with Crippen LogP contribution in [0.25, 0.3) is 0 Å². The Hall–Kier alpha value is -1.62. The summed E-state index contributed by atoms with van der Waals surface area (Å²) < 4.78 is 0. The number of carboxylic acids is 1. The Morgan fingerprint density at radius 1 is 1.44 bits per heavy atom. The molecule has 1 amide bonds. The number of nitrogens with zero attached hydrogens (tertiary/aromatic N) is 2. The first kappa shape index (κ1) is 14.4. The summed E-state index contributed by atoms with van der Waals surface area (Å²) in [6.45, 7) is 4.99. The number of aliphatic carboxylic acids is 1. The van der Waals surface area contributed by atoms with E-state index < -0.39 is 11.5 Å². The van der Waals surface area contributed by atoms with Gasteiger partial charge in [0.25, 0.3) is 5.91 Å². The van der Waals surface area contributed by atoms with Crippen molar-refractivity contribution >= 4 is 23.5 Å². The summed E-state index contributed by atoms with van der Waals surface area (Å²) in [5, 5.41) is 9.44. The molecular formula is C12H15ClN2O3. The van der Waals surface area contributed by atoms with Crippen LogP contribution >= 0.6 is 11.6 Å². The zero-order valence-corrected chi connectivity index (χ0v) is 11.2. The van der Waals surface area contributed by atoms with Crippen molar-refractivity contribution in [2.45, 2.75) is 26.3 Å². The second-order valence-electron chi connectivity index (χ2n) is 4.28. The van der Waals surface area contributed by atoms with Gasteiger partial charge in [-0.05, 0) is 32.9 Å². The van der Waals surface area contributed by atoms with Gasteiger partial charge in [-0.1, -0.05) is 11.6 Å². The summed E-state index contributed by atoms with van der Waals surface area (Å²) in [5.41, 5.74) is -0.957. The van der Waals surface area contributed by atoms with Crippen molar-refractivity contribution < 1.29 is 14.7 Å². The predicted molar refractivity (Wildman–Crippen MR) is 67.7 cm³/mol. The van der Waals surface area contributed by atoms with E-state index in [1.807, 2.05) is 0 Å². The van der Waals surface area contributed by atoms with Gasteiger partial charge in [0.05, 0.1) is 5.56 Å². The van der Waals surface area contributed by atoms with E-state index in [9.17, 15) is 9.59 Å². The summed E-state index contributed by atoms with van der Waals surface area (Å²) in [4.78, 5) is 28.5. The van der Waals surface area contributed by atoms with E-state index in [-0.39, 0.29) is 11.1 Å². The Kier molecular flexibility index (Phi) is 4.29. The van der Waals surface area contributed by atoms with Gasteiger partial charge in [-0.2, -0.15) is 0 Å². The molecule has 1 aromatic heterocycles. The molecule has 98 valence electrons. The van der Waals surface area contributed by atoms with Crippen molar-refractivity contribution in [1.29, 1.82) is 0 Å². The van der Waals surface area contributed by atoms with Gasteiger partial charge in [0.15, 0.2) is 0 Å². The molecule has 0 spiro atoms. The maximum atomic E-state index is 12.2. The smallest absolute Gasteiger partial charge is 0.329 e. The fourth-order valence-corrected chi connectivity index (χ4v) is 1.68. The molecule has 1 N–H and O–H groups in total. The van der Waals surface area contributed by atoms with Gasteiger partial charge in [0.1, 0.15) is 10.7 Å². The highest BCUT2D eigenvalue weighted by Crippen LogP contribution is 2.18. The molecule has 0 bridgehead atoms. The number of halogens is 1. The summed E-state index contributed by atoms with van der Waals surface area (Å²) in [7, 11) is 0. The molecule has 0 saturated heterocycles. The number of likely N-dealkylation sites (N-methyl/N-ethyl adjacent to an activating group) is 1. The second-order valence-corrected chi connectivity index (χ2v) is 4.67. The van der Waals surface area contributed by atoms with E-state index >= 15 is 0 Å². The van der Waals surface area contributed by atoms with Crippen LogP contribution in [0.3, 0.4) is 0 Å². The summed E-state index contributed by atoms with van der Waals surface area (Å²) in [6, 6.07) is 3.02. The summed E-state index contributed by atoms with van der Waals surface area (Å²) >= 11 is 5.64. The van der Waals surface area contributed by atoms with Crippen molar-refractivity contribution in [2.75, 3.05) is 6.54 Å². The Bertz CT molecular complexity index is 457. The highest BCUT2D eigenvalue weighted by molar-refractivity contribution is 6.29. The largest absolute Gasteiger partial charge is 0.480 e.